The van der Waals surface area contributed by atoms with Gasteiger partial charge in [0.15, 0.2) is 0 Å². The minimum absolute atomic E-state index is 0.0371. The van der Waals surface area contributed by atoms with Gasteiger partial charge in [-0.25, -0.2) is 9.78 Å². The Morgan fingerprint density at radius 1 is 1.11 bits per heavy atom. The van der Waals surface area contributed by atoms with Crippen LogP contribution >= 0.6 is 0 Å². The molecule has 148 valence electrons. The first-order valence-corrected chi connectivity index (χ1v) is 8.94. The first-order valence-electron chi connectivity index (χ1n) is 8.94. The Balaban J connectivity index is 1.93. The second-order valence-electron chi connectivity index (χ2n) is 8.63. The van der Waals surface area contributed by atoms with E-state index in [2.05, 4.69) is 41.5 Å². The fraction of sp³-hybridized carbons (Fsp3) is 0.579. The summed E-state index contributed by atoms with van der Waals surface area (Å²) >= 11 is 0. The highest BCUT2D eigenvalue weighted by Crippen LogP contribution is 2.25. The molecule has 0 unspecified atom stereocenters. The Kier molecular flexibility index (Phi) is 6.08. The molecule has 2 aromatic heterocycles. The highest BCUT2D eigenvalue weighted by atomic mass is 16.6. The number of fused-ring (bicyclic) bond motifs is 1. The lowest BCUT2D eigenvalue weighted by molar-refractivity contribution is 0.0526. The number of alkyl carbamates (subject to hydrolysis) is 1. The minimum atomic E-state index is -0.558. The maximum absolute atomic E-state index is 12.3. The average Bonchev–Trinajstić information content (AvgIpc) is 2.90. The summed E-state index contributed by atoms with van der Waals surface area (Å²) < 4.78 is 10.4. The summed E-state index contributed by atoms with van der Waals surface area (Å²) in [7, 11) is 0. The van der Waals surface area contributed by atoms with Crippen LogP contribution in [0.5, 0.6) is 0 Å². The molecule has 2 heterocycles. The fourth-order valence-corrected chi connectivity index (χ4v) is 2.39. The molecule has 8 nitrogen and oxygen atoms in total. The lowest BCUT2D eigenvalue weighted by atomic mass is 9.90. The average molecular weight is 376 g/mol. The number of pyridine rings is 1. The largest absolute Gasteiger partial charge is 0.444 e. The van der Waals surface area contributed by atoms with Crippen LogP contribution < -0.4 is 10.6 Å². The van der Waals surface area contributed by atoms with Gasteiger partial charge in [0.05, 0.1) is 16.6 Å². The summed E-state index contributed by atoms with van der Waals surface area (Å²) in [4.78, 5) is 28.1. The third-order valence-electron chi connectivity index (χ3n) is 3.44. The van der Waals surface area contributed by atoms with E-state index in [1.807, 2.05) is 0 Å². The van der Waals surface area contributed by atoms with E-state index in [1.165, 1.54) is 6.20 Å². The van der Waals surface area contributed by atoms with E-state index in [4.69, 9.17) is 9.26 Å². The summed E-state index contributed by atoms with van der Waals surface area (Å²) in [6.45, 7) is 12.2. The third kappa shape index (κ3) is 6.54. The van der Waals surface area contributed by atoms with Crippen LogP contribution in [0.2, 0.25) is 0 Å². The summed E-state index contributed by atoms with van der Waals surface area (Å²) in [6.07, 6.45) is 1.65. The summed E-state index contributed by atoms with van der Waals surface area (Å²) in [6, 6.07) is 1.73. The van der Waals surface area contributed by atoms with Crippen molar-refractivity contribution in [2.24, 2.45) is 5.41 Å². The molecule has 2 aromatic rings. The molecular weight excluding hydrogens is 348 g/mol. The van der Waals surface area contributed by atoms with E-state index in [-0.39, 0.29) is 24.4 Å². The van der Waals surface area contributed by atoms with Crippen LogP contribution in [0.15, 0.2) is 16.8 Å². The van der Waals surface area contributed by atoms with Crippen molar-refractivity contribution in [2.75, 3.05) is 13.1 Å². The lowest BCUT2D eigenvalue weighted by Crippen LogP contribution is -2.37. The number of aromatic nitrogens is 2. The first-order chi connectivity index (χ1) is 12.4. The molecule has 8 heteroatoms. The maximum atomic E-state index is 12.3. The van der Waals surface area contributed by atoms with Gasteiger partial charge in [-0.15, -0.1) is 0 Å². The van der Waals surface area contributed by atoms with Crippen molar-refractivity contribution in [3.05, 3.63) is 23.5 Å². The van der Waals surface area contributed by atoms with Crippen molar-refractivity contribution in [1.82, 2.24) is 20.8 Å². The van der Waals surface area contributed by atoms with Crippen LogP contribution in [0.25, 0.3) is 11.1 Å². The summed E-state index contributed by atoms with van der Waals surface area (Å²) in [5.74, 6) is -0.279. The van der Waals surface area contributed by atoms with Crippen LogP contribution in [0, 0.1) is 5.41 Å². The van der Waals surface area contributed by atoms with Crippen molar-refractivity contribution in [3.63, 3.8) is 0 Å². The van der Waals surface area contributed by atoms with Gasteiger partial charge in [-0.1, -0.05) is 25.9 Å². The quantitative estimate of drug-likeness (QED) is 0.777. The molecule has 0 atom stereocenters. The number of carbonyl (C=O) groups is 2. The van der Waals surface area contributed by atoms with Gasteiger partial charge in [-0.2, -0.15) is 0 Å². The molecule has 0 spiro atoms. The Hall–Kier alpha value is -2.64. The van der Waals surface area contributed by atoms with Gasteiger partial charge in [-0.3, -0.25) is 4.79 Å². The molecule has 0 radical (unpaired) electrons. The van der Waals surface area contributed by atoms with Crippen LogP contribution in [-0.2, 0) is 11.2 Å². The highest BCUT2D eigenvalue weighted by Gasteiger charge is 2.19. The molecule has 27 heavy (non-hydrogen) atoms. The molecule has 0 bridgehead atoms. The van der Waals surface area contributed by atoms with E-state index in [9.17, 15) is 9.59 Å². The zero-order chi connectivity index (χ0) is 20.2. The number of nitrogens with zero attached hydrogens (tertiary/aromatic N) is 2. The van der Waals surface area contributed by atoms with Crippen molar-refractivity contribution in [3.8, 4) is 0 Å². The van der Waals surface area contributed by atoms with Crippen molar-refractivity contribution < 1.29 is 18.8 Å². The maximum Gasteiger partial charge on any atom is 0.407 e. The molecule has 0 aliphatic carbocycles. The van der Waals surface area contributed by atoms with Crippen molar-refractivity contribution >= 4 is 23.1 Å². The summed E-state index contributed by atoms with van der Waals surface area (Å²) in [5.41, 5.74) is 1.09. The molecule has 2 rings (SSSR count). The number of hydrogen-bond donors (Lipinski definition) is 2. The molecule has 0 saturated carbocycles. The van der Waals surface area contributed by atoms with E-state index in [0.717, 1.165) is 11.1 Å². The van der Waals surface area contributed by atoms with Gasteiger partial charge in [0.2, 0.25) is 0 Å². The molecule has 0 fully saturated rings. The molecule has 2 N–H and O–H groups in total. The second kappa shape index (κ2) is 7.94. The van der Waals surface area contributed by atoms with Crippen LogP contribution in [0.3, 0.4) is 0 Å². The topological polar surface area (TPSA) is 106 Å². The number of rotatable bonds is 5. The summed E-state index contributed by atoms with van der Waals surface area (Å²) in [5, 5.41) is 10.1. The van der Waals surface area contributed by atoms with Gasteiger partial charge in [0.1, 0.15) is 5.60 Å². The Labute approximate surface area is 159 Å². The fourth-order valence-electron chi connectivity index (χ4n) is 2.39. The van der Waals surface area contributed by atoms with Crippen LogP contribution in [0.1, 0.15) is 57.6 Å². The molecule has 0 aliphatic rings. The van der Waals surface area contributed by atoms with Gasteiger partial charge < -0.3 is 19.9 Å². The van der Waals surface area contributed by atoms with E-state index in [0.29, 0.717) is 17.7 Å². The van der Waals surface area contributed by atoms with Gasteiger partial charge in [0, 0.05) is 19.3 Å². The molecule has 0 aromatic carbocycles. The SMILES string of the molecule is CC(C)(C)Cc1noc2ncc(C(=O)NCCNC(=O)OC(C)(C)C)cc12. The van der Waals surface area contributed by atoms with Gasteiger partial charge in [-0.05, 0) is 38.7 Å². The number of carbonyl (C=O) groups excluding carboxylic acids is 2. The zero-order valence-corrected chi connectivity index (χ0v) is 16.8. The number of ether oxygens (including phenoxy) is 1. The molecular formula is C19H28N4O4. The van der Waals surface area contributed by atoms with Crippen molar-refractivity contribution in [1.29, 1.82) is 0 Å². The zero-order valence-electron chi connectivity index (χ0n) is 16.8. The standard InChI is InChI=1S/C19H28N4O4/c1-18(2,3)10-14-13-9-12(11-22-16(13)27-23-14)15(24)20-7-8-21-17(25)26-19(4,5)6/h9,11H,7-8,10H2,1-6H3,(H,20,24)(H,21,25). The monoisotopic (exact) mass is 376 g/mol. The van der Waals surface area contributed by atoms with E-state index >= 15 is 0 Å². The predicted octanol–water partition coefficient (Wildman–Crippen LogP) is 3.07. The van der Waals surface area contributed by atoms with E-state index < -0.39 is 11.7 Å². The van der Waals surface area contributed by atoms with Gasteiger partial charge in [0.25, 0.3) is 11.6 Å². The number of hydrogen-bond acceptors (Lipinski definition) is 6. The Bertz CT molecular complexity index is 815. The Morgan fingerprint density at radius 3 is 2.41 bits per heavy atom. The molecule has 0 aliphatic heterocycles. The number of amides is 2. The van der Waals surface area contributed by atoms with Gasteiger partial charge >= 0.3 is 6.09 Å². The van der Waals surface area contributed by atoms with Crippen molar-refractivity contribution in [2.45, 2.75) is 53.6 Å². The lowest BCUT2D eigenvalue weighted by Gasteiger charge is -2.19. The van der Waals surface area contributed by atoms with Crippen LogP contribution in [-0.4, -0.2) is 40.8 Å². The Morgan fingerprint density at radius 2 is 1.78 bits per heavy atom. The number of nitrogens with one attached hydrogen (secondary N) is 2. The van der Waals surface area contributed by atoms with Crippen LogP contribution in [0.4, 0.5) is 4.79 Å². The molecule has 2 amide bonds. The minimum Gasteiger partial charge on any atom is -0.444 e. The van der Waals surface area contributed by atoms with E-state index in [1.54, 1.807) is 26.8 Å². The third-order valence-corrected chi connectivity index (χ3v) is 3.44. The second-order valence-corrected chi connectivity index (χ2v) is 8.63. The first kappa shape index (κ1) is 20.7. The highest BCUT2D eigenvalue weighted by molar-refractivity contribution is 5.97. The normalized spacial score (nSPS) is 12.1. The molecule has 0 saturated heterocycles. The predicted molar refractivity (Wildman–Crippen MR) is 102 cm³/mol. The smallest absolute Gasteiger partial charge is 0.407 e.